The quantitative estimate of drug-likeness (QED) is 0.830. The average Bonchev–Trinajstić information content (AvgIpc) is 2.96. The molecule has 0 aliphatic heterocycles. The Morgan fingerprint density at radius 2 is 1.90 bits per heavy atom. The van der Waals surface area contributed by atoms with Gasteiger partial charge in [-0.3, -0.25) is 0 Å². The third kappa shape index (κ3) is 3.64. The summed E-state index contributed by atoms with van der Waals surface area (Å²) >= 11 is 0. The summed E-state index contributed by atoms with van der Waals surface area (Å²) in [6, 6.07) is 10.9. The minimum Gasteiger partial charge on any atom is -0.497 e. The largest absolute Gasteiger partial charge is 0.497 e. The fourth-order valence-electron chi connectivity index (χ4n) is 2.37. The van der Waals surface area contributed by atoms with Gasteiger partial charge in [-0.15, -0.1) is 0 Å². The highest BCUT2D eigenvalue weighted by molar-refractivity contribution is 5.29. The van der Waals surface area contributed by atoms with Crippen molar-refractivity contribution in [3.63, 3.8) is 0 Å². The van der Waals surface area contributed by atoms with E-state index < -0.39 is 0 Å². The van der Waals surface area contributed by atoms with Crippen molar-refractivity contribution in [2.45, 2.75) is 39.4 Å². The molecule has 3 heteroatoms. The zero-order chi connectivity index (χ0) is 14.4. The molecule has 0 bridgehead atoms. The van der Waals surface area contributed by atoms with E-state index in [0.29, 0.717) is 6.04 Å². The number of ether oxygens (including phenoxy) is 1. The van der Waals surface area contributed by atoms with E-state index in [0.717, 1.165) is 25.3 Å². The molecule has 1 heterocycles. The van der Waals surface area contributed by atoms with E-state index in [9.17, 15) is 0 Å². The number of hydrogen-bond acceptors (Lipinski definition) is 2. The molecule has 0 aliphatic rings. The van der Waals surface area contributed by atoms with Gasteiger partial charge in [-0.25, -0.2) is 0 Å². The Morgan fingerprint density at radius 3 is 2.45 bits per heavy atom. The molecule has 0 saturated carbocycles. The van der Waals surface area contributed by atoms with Crippen LogP contribution in [-0.4, -0.2) is 11.7 Å². The third-order valence-corrected chi connectivity index (χ3v) is 3.66. The van der Waals surface area contributed by atoms with Crippen molar-refractivity contribution in [2.75, 3.05) is 7.11 Å². The Labute approximate surface area is 121 Å². The maximum absolute atomic E-state index is 5.20. The van der Waals surface area contributed by atoms with Gasteiger partial charge < -0.3 is 14.6 Å². The molecule has 1 N–H and O–H groups in total. The second-order valence-electron chi connectivity index (χ2n) is 4.97. The van der Waals surface area contributed by atoms with Gasteiger partial charge >= 0.3 is 0 Å². The van der Waals surface area contributed by atoms with Crippen LogP contribution in [0.2, 0.25) is 0 Å². The van der Waals surface area contributed by atoms with Crippen molar-refractivity contribution >= 4 is 0 Å². The Kier molecular flexibility index (Phi) is 5.24. The van der Waals surface area contributed by atoms with Crippen LogP contribution in [0.3, 0.4) is 0 Å². The van der Waals surface area contributed by atoms with Gasteiger partial charge in [0.1, 0.15) is 5.75 Å². The highest BCUT2D eigenvalue weighted by Gasteiger charge is 2.09. The van der Waals surface area contributed by atoms with E-state index in [2.05, 4.69) is 54.3 Å². The summed E-state index contributed by atoms with van der Waals surface area (Å²) in [5, 5.41) is 3.62. The lowest BCUT2D eigenvalue weighted by Gasteiger charge is -2.17. The molecule has 0 saturated heterocycles. The topological polar surface area (TPSA) is 26.2 Å². The van der Waals surface area contributed by atoms with E-state index in [1.165, 1.54) is 11.1 Å². The lowest BCUT2D eigenvalue weighted by atomic mass is 10.0. The van der Waals surface area contributed by atoms with Crippen molar-refractivity contribution < 1.29 is 4.74 Å². The number of aromatic nitrogens is 1. The van der Waals surface area contributed by atoms with Crippen molar-refractivity contribution in [3.05, 3.63) is 53.9 Å². The molecule has 0 fully saturated rings. The number of nitrogens with zero attached hydrogens (tertiary/aromatic N) is 1. The zero-order valence-electron chi connectivity index (χ0n) is 12.6. The van der Waals surface area contributed by atoms with Crippen LogP contribution in [0.5, 0.6) is 5.75 Å². The molecule has 20 heavy (non-hydrogen) atoms. The summed E-state index contributed by atoms with van der Waals surface area (Å²) in [4.78, 5) is 0. The normalized spacial score (nSPS) is 12.3. The van der Waals surface area contributed by atoms with Gasteiger partial charge in [-0.05, 0) is 42.7 Å². The van der Waals surface area contributed by atoms with Crippen molar-refractivity contribution in [1.29, 1.82) is 0 Å². The Balaban J connectivity index is 1.97. The third-order valence-electron chi connectivity index (χ3n) is 3.66. The second-order valence-corrected chi connectivity index (χ2v) is 4.97. The summed E-state index contributed by atoms with van der Waals surface area (Å²) in [5.74, 6) is 0.906. The molecule has 3 nitrogen and oxygen atoms in total. The number of rotatable bonds is 7. The molecule has 2 aromatic rings. The summed E-state index contributed by atoms with van der Waals surface area (Å²) in [5.41, 5.74) is 2.64. The number of nitrogens with one attached hydrogen (secondary N) is 1. The van der Waals surface area contributed by atoms with Gasteiger partial charge in [-0.1, -0.05) is 19.1 Å². The van der Waals surface area contributed by atoms with E-state index in [1.807, 2.05) is 12.1 Å². The molecule has 1 unspecified atom stereocenters. The Bertz CT molecular complexity index is 516. The lowest BCUT2D eigenvalue weighted by Crippen LogP contribution is -2.20. The predicted octanol–water partition coefficient (Wildman–Crippen LogP) is 3.76. The van der Waals surface area contributed by atoms with Gasteiger partial charge in [0.2, 0.25) is 0 Å². The fraction of sp³-hybridized carbons (Fsp3) is 0.412. The standard InChI is InChI=1S/C17H24N2O/c1-4-17(15-6-8-16(20-3)9-7-15)18-12-14-10-11-19(5-2)13-14/h6-11,13,17-18H,4-5,12H2,1-3H3. The predicted molar refractivity (Wildman–Crippen MR) is 83.0 cm³/mol. The SMILES string of the molecule is CCC(NCc1ccn(CC)c1)c1ccc(OC)cc1. The molecule has 1 aromatic heterocycles. The van der Waals surface area contributed by atoms with Gasteiger partial charge in [-0.2, -0.15) is 0 Å². The first kappa shape index (κ1) is 14.7. The maximum Gasteiger partial charge on any atom is 0.118 e. The maximum atomic E-state index is 5.20. The van der Waals surface area contributed by atoms with Gasteiger partial charge in [0, 0.05) is 31.5 Å². The number of aryl methyl sites for hydroxylation is 1. The molecule has 1 aromatic carbocycles. The molecular formula is C17H24N2O. The van der Waals surface area contributed by atoms with Crippen LogP contribution in [0.1, 0.15) is 37.4 Å². The van der Waals surface area contributed by atoms with E-state index >= 15 is 0 Å². The molecule has 2 rings (SSSR count). The molecule has 1 atom stereocenters. The van der Waals surface area contributed by atoms with Gasteiger partial charge in [0.25, 0.3) is 0 Å². The number of hydrogen-bond donors (Lipinski definition) is 1. The van der Waals surface area contributed by atoms with Crippen LogP contribution >= 0.6 is 0 Å². The Hall–Kier alpha value is -1.74. The van der Waals surface area contributed by atoms with Crippen molar-refractivity contribution in [1.82, 2.24) is 9.88 Å². The number of benzene rings is 1. The summed E-state index contributed by atoms with van der Waals surface area (Å²) in [6.45, 7) is 6.29. The highest BCUT2D eigenvalue weighted by atomic mass is 16.5. The monoisotopic (exact) mass is 272 g/mol. The van der Waals surface area contributed by atoms with E-state index in [-0.39, 0.29) is 0 Å². The smallest absolute Gasteiger partial charge is 0.118 e. The summed E-state index contributed by atoms with van der Waals surface area (Å²) < 4.78 is 7.40. The molecular weight excluding hydrogens is 248 g/mol. The van der Waals surface area contributed by atoms with Crippen LogP contribution in [0, 0.1) is 0 Å². The molecule has 0 spiro atoms. The minimum absolute atomic E-state index is 0.380. The second kappa shape index (κ2) is 7.15. The summed E-state index contributed by atoms with van der Waals surface area (Å²) in [6.07, 6.45) is 5.40. The van der Waals surface area contributed by atoms with Crippen molar-refractivity contribution in [3.8, 4) is 5.75 Å². The van der Waals surface area contributed by atoms with E-state index in [1.54, 1.807) is 7.11 Å². The Morgan fingerprint density at radius 1 is 1.15 bits per heavy atom. The minimum atomic E-state index is 0.380. The molecule has 0 radical (unpaired) electrons. The fourth-order valence-corrected chi connectivity index (χ4v) is 2.37. The first-order valence-electron chi connectivity index (χ1n) is 7.28. The van der Waals surface area contributed by atoms with E-state index in [4.69, 9.17) is 4.74 Å². The lowest BCUT2D eigenvalue weighted by molar-refractivity contribution is 0.414. The van der Waals surface area contributed by atoms with Crippen LogP contribution < -0.4 is 10.1 Å². The first-order chi connectivity index (χ1) is 9.76. The molecule has 0 amide bonds. The highest BCUT2D eigenvalue weighted by Crippen LogP contribution is 2.20. The molecule has 0 aliphatic carbocycles. The average molecular weight is 272 g/mol. The van der Waals surface area contributed by atoms with Gasteiger partial charge in [0.05, 0.1) is 7.11 Å². The van der Waals surface area contributed by atoms with Crippen molar-refractivity contribution in [2.24, 2.45) is 0 Å². The van der Waals surface area contributed by atoms with Gasteiger partial charge in [0.15, 0.2) is 0 Å². The zero-order valence-corrected chi connectivity index (χ0v) is 12.6. The first-order valence-corrected chi connectivity index (χ1v) is 7.28. The number of methoxy groups -OCH3 is 1. The van der Waals surface area contributed by atoms with Crippen LogP contribution in [0.4, 0.5) is 0 Å². The molecule has 108 valence electrons. The summed E-state index contributed by atoms with van der Waals surface area (Å²) in [7, 11) is 1.70. The van der Waals surface area contributed by atoms with Crippen LogP contribution in [-0.2, 0) is 13.1 Å². The van der Waals surface area contributed by atoms with Crippen LogP contribution in [0.25, 0.3) is 0 Å². The van der Waals surface area contributed by atoms with Crippen LogP contribution in [0.15, 0.2) is 42.7 Å².